The van der Waals surface area contributed by atoms with Gasteiger partial charge in [0, 0.05) is 18.1 Å². The predicted molar refractivity (Wildman–Crippen MR) is 129 cm³/mol. The molecule has 0 unspecified atom stereocenters. The van der Waals surface area contributed by atoms with Crippen LogP contribution in [0.3, 0.4) is 0 Å². The number of ether oxygens (including phenoxy) is 1. The number of nitrogens with zero attached hydrogens (tertiary/aromatic N) is 3. The molecule has 0 aliphatic carbocycles. The topological polar surface area (TPSA) is 45.7 Å². The van der Waals surface area contributed by atoms with E-state index in [-0.39, 0.29) is 18.3 Å². The van der Waals surface area contributed by atoms with E-state index < -0.39 is 0 Å². The van der Waals surface area contributed by atoms with E-state index in [0.29, 0.717) is 27.3 Å². The van der Waals surface area contributed by atoms with E-state index in [1.54, 1.807) is 30.2 Å². The Labute approximate surface area is 197 Å². The first-order chi connectivity index (χ1) is 14.0. The summed E-state index contributed by atoms with van der Waals surface area (Å²) < 4.78 is 6.27. The fourth-order valence-electron chi connectivity index (χ4n) is 3.01. The van der Waals surface area contributed by atoms with Crippen LogP contribution in [-0.4, -0.2) is 49.1 Å². The molecule has 1 amide bonds. The molecule has 9 heteroatoms. The van der Waals surface area contributed by atoms with Crippen molar-refractivity contribution in [2.24, 2.45) is 0 Å². The van der Waals surface area contributed by atoms with Crippen molar-refractivity contribution in [3.63, 3.8) is 0 Å². The molecule has 0 saturated carbocycles. The van der Waals surface area contributed by atoms with Gasteiger partial charge in [-0.1, -0.05) is 48.4 Å². The minimum absolute atomic E-state index is 0. The van der Waals surface area contributed by atoms with Crippen molar-refractivity contribution in [3.05, 3.63) is 52.0 Å². The molecular weight excluding hydrogens is 465 g/mol. The number of rotatable bonds is 8. The molecule has 0 spiro atoms. The molecule has 0 aliphatic rings. The summed E-state index contributed by atoms with van der Waals surface area (Å²) in [5, 5.41) is 1.46. The number of halogens is 3. The second kappa shape index (κ2) is 11.2. The van der Waals surface area contributed by atoms with Crippen LogP contribution in [0.4, 0.5) is 5.13 Å². The van der Waals surface area contributed by atoms with Crippen LogP contribution in [0.25, 0.3) is 10.2 Å². The Balaban J connectivity index is 0.00000320. The molecule has 1 aromatic heterocycles. The first-order valence-corrected chi connectivity index (χ1v) is 11.0. The molecule has 0 radical (unpaired) electrons. The summed E-state index contributed by atoms with van der Waals surface area (Å²) in [5.41, 5.74) is 1.24. The molecule has 2 aromatic carbocycles. The van der Waals surface area contributed by atoms with Crippen LogP contribution in [0.15, 0.2) is 36.4 Å². The number of benzene rings is 2. The van der Waals surface area contributed by atoms with Gasteiger partial charge in [-0.3, -0.25) is 9.69 Å². The molecule has 3 rings (SSSR count). The molecule has 1 heterocycles. The number of hydrogen-bond donors (Lipinski definition) is 0. The van der Waals surface area contributed by atoms with Gasteiger partial charge in [0.1, 0.15) is 5.75 Å². The summed E-state index contributed by atoms with van der Waals surface area (Å²) in [6, 6.07) is 10.6. The summed E-state index contributed by atoms with van der Waals surface area (Å²) >= 11 is 13.8. The number of anilines is 1. The molecule has 3 aromatic rings. The van der Waals surface area contributed by atoms with Gasteiger partial charge in [-0.15, -0.1) is 12.4 Å². The third-order valence-corrected chi connectivity index (χ3v) is 6.35. The van der Waals surface area contributed by atoms with Gasteiger partial charge in [0.15, 0.2) is 5.13 Å². The van der Waals surface area contributed by atoms with E-state index in [4.69, 9.17) is 32.9 Å². The zero-order valence-electron chi connectivity index (χ0n) is 17.0. The Morgan fingerprint density at radius 3 is 2.47 bits per heavy atom. The third-order valence-electron chi connectivity index (χ3n) is 4.76. The lowest BCUT2D eigenvalue weighted by Crippen LogP contribution is -2.39. The SMILES string of the molecule is CCN(CC)CCN(C(=O)c1ccc(Cl)cc1Cl)c1nc2ccc(OC)cc2s1.Cl. The summed E-state index contributed by atoms with van der Waals surface area (Å²) in [4.78, 5) is 22.0. The average Bonchev–Trinajstić information content (AvgIpc) is 3.13. The van der Waals surface area contributed by atoms with Crippen LogP contribution in [0.5, 0.6) is 5.75 Å². The van der Waals surface area contributed by atoms with Gasteiger partial charge in [-0.05, 0) is 49.5 Å². The number of aromatic nitrogens is 1. The number of amides is 1. The van der Waals surface area contributed by atoms with Gasteiger partial charge < -0.3 is 9.64 Å². The van der Waals surface area contributed by atoms with E-state index in [1.165, 1.54) is 11.3 Å². The highest BCUT2D eigenvalue weighted by molar-refractivity contribution is 7.22. The van der Waals surface area contributed by atoms with Gasteiger partial charge in [0.25, 0.3) is 5.91 Å². The maximum absolute atomic E-state index is 13.4. The van der Waals surface area contributed by atoms with Crippen LogP contribution in [-0.2, 0) is 0 Å². The standard InChI is InChI=1S/C21H23Cl2N3O2S.ClH/c1-4-25(5-2)10-11-26(20(27)16-8-6-14(22)12-17(16)23)21-24-18-9-7-15(28-3)13-19(18)29-21;/h6-9,12-13H,4-5,10-11H2,1-3H3;1H. The van der Waals surface area contributed by atoms with Gasteiger partial charge in [0.05, 0.1) is 27.9 Å². The number of fused-ring (bicyclic) bond motifs is 1. The Hall–Kier alpha value is -1.57. The molecule has 0 saturated heterocycles. The van der Waals surface area contributed by atoms with Crippen molar-refractivity contribution in [2.45, 2.75) is 13.8 Å². The van der Waals surface area contributed by atoms with Crippen molar-refractivity contribution in [1.82, 2.24) is 9.88 Å². The Morgan fingerprint density at radius 2 is 1.83 bits per heavy atom. The third kappa shape index (κ3) is 5.56. The van der Waals surface area contributed by atoms with Crippen LogP contribution in [0.2, 0.25) is 10.0 Å². The zero-order valence-corrected chi connectivity index (χ0v) is 20.2. The number of carbonyl (C=O) groups is 1. The summed E-state index contributed by atoms with van der Waals surface area (Å²) in [7, 11) is 1.63. The normalized spacial score (nSPS) is 10.9. The zero-order chi connectivity index (χ0) is 21.0. The molecule has 5 nitrogen and oxygen atoms in total. The second-order valence-electron chi connectivity index (χ2n) is 6.44. The minimum atomic E-state index is -0.190. The minimum Gasteiger partial charge on any atom is -0.497 e. The number of hydrogen-bond acceptors (Lipinski definition) is 5. The Kier molecular flexibility index (Phi) is 9.19. The van der Waals surface area contributed by atoms with Crippen molar-refractivity contribution < 1.29 is 9.53 Å². The summed E-state index contributed by atoms with van der Waals surface area (Å²) in [6.07, 6.45) is 0. The first-order valence-electron chi connectivity index (χ1n) is 9.40. The van der Waals surface area contributed by atoms with Gasteiger partial charge in [-0.25, -0.2) is 4.98 Å². The fourth-order valence-corrected chi connectivity index (χ4v) is 4.52. The van der Waals surface area contributed by atoms with Crippen LogP contribution in [0.1, 0.15) is 24.2 Å². The summed E-state index contributed by atoms with van der Waals surface area (Å²) in [6.45, 7) is 7.29. The molecule has 0 atom stereocenters. The molecule has 0 aliphatic heterocycles. The number of carbonyl (C=O) groups excluding carboxylic acids is 1. The second-order valence-corrected chi connectivity index (χ2v) is 8.29. The smallest absolute Gasteiger partial charge is 0.261 e. The molecular formula is C21H24Cl3N3O2S. The monoisotopic (exact) mass is 487 g/mol. The van der Waals surface area contributed by atoms with Crippen LogP contribution < -0.4 is 9.64 Å². The van der Waals surface area contributed by atoms with E-state index >= 15 is 0 Å². The lowest BCUT2D eigenvalue weighted by molar-refractivity contribution is 0.0984. The van der Waals surface area contributed by atoms with Crippen molar-refractivity contribution in [2.75, 3.05) is 38.2 Å². The predicted octanol–water partition coefficient (Wildman–Crippen LogP) is 6.02. The van der Waals surface area contributed by atoms with Crippen molar-refractivity contribution >= 4 is 68.2 Å². The maximum Gasteiger partial charge on any atom is 0.261 e. The molecule has 162 valence electrons. The van der Waals surface area contributed by atoms with Gasteiger partial charge in [0.2, 0.25) is 0 Å². The lowest BCUT2D eigenvalue weighted by Gasteiger charge is -2.25. The number of thiazole rings is 1. The molecule has 0 bridgehead atoms. The molecule has 0 N–H and O–H groups in total. The number of methoxy groups -OCH3 is 1. The van der Waals surface area contributed by atoms with Crippen LogP contribution in [0, 0.1) is 0 Å². The Bertz CT molecular complexity index is 1010. The van der Waals surface area contributed by atoms with E-state index in [9.17, 15) is 4.79 Å². The summed E-state index contributed by atoms with van der Waals surface area (Å²) in [5.74, 6) is 0.569. The van der Waals surface area contributed by atoms with E-state index in [2.05, 4.69) is 18.7 Å². The highest BCUT2D eigenvalue weighted by Gasteiger charge is 2.24. The number of likely N-dealkylation sites (N-methyl/N-ethyl adjacent to an activating group) is 1. The van der Waals surface area contributed by atoms with E-state index in [0.717, 1.165) is 35.6 Å². The van der Waals surface area contributed by atoms with Crippen LogP contribution >= 0.6 is 46.9 Å². The van der Waals surface area contributed by atoms with E-state index in [1.807, 2.05) is 18.2 Å². The fraction of sp³-hybridized carbons (Fsp3) is 0.333. The highest BCUT2D eigenvalue weighted by Crippen LogP contribution is 2.33. The maximum atomic E-state index is 13.4. The van der Waals surface area contributed by atoms with Crippen molar-refractivity contribution in [3.8, 4) is 5.75 Å². The molecule has 0 fully saturated rings. The average molecular weight is 489 g/mol. The molecule has 30 heavy (non-hydrogen) atoms. The van der Waals surface area contributed by atoms with Gasteiger partial charge in [-0.2, -0.15) is 0 Å². The Morgan fingerprint density at radius 1 is 1.10 bits per heavy atom. The largest absolute Gasteiger partial charge is 0.497 e. The first kappa shape index (κ1) is 24.7. The lowest BCUT2D eigenvalue weighted by atomic mass is 10.2. The van der Waals surface area contributed by atoms with Crippen molar-refractivity contribution in [1.29, 1.82) is 0 Å². The van der Waals surface area contributed by atoms with Gasteiger partial charge >= 0.3 is 0 Å². The highest BCUT2D eigenvalue weighted by atomic mass is 35.5. The quantitative estimate of drug-likeness (QED) is 0.389.